The molecule has 1 aromatic heterocycles. The Kier molecular flexibility index (Phi) is 9.62. The van der Waals surface area contributed by atoms with Gasteiger partial charge < -0.3 is 4.98 Å². The van der Waals surface area contributed by atoms with Crippen LogP contribution >= 0.6 is 11.8 Å². The largest absolute Gasteiger partial charge is 0.348 e. The first-order valence-corrected chi connectivity index (χ1v) is 12.2. The van der Waals surface area contributed by atoms with E-state index in [-0.39, 0.29) is 0 Å². The fraction of sp³-hybridized carbons (Fsp3) is 0.423. The predicted molar refractivity (Wildman–Crippen MR) is 132 cm³/mol. The number of hydrogen-bond donors (Lipinski definition) is 1. The van der Waals surface area contributed by atoms with Crippen molar-refractivity contribution in [1.29, 1.82) is 0 Å². The number of aromatic nitrogens is 2. The van der Waals surface area contributed by atoms with Crippen LogP contribution in [-0.2, 0) is 6.42 Å². The van der Waals surface area contributed by atoms with Gasteiger partial charge in [-0.1, -0.05) is 87.4 Å². The second-order valence-corrected chi connectivity index (χ2v) is 9.96. The van der Waals surface area contributed by atoms with Crippen LogP contribution in [0.4, 0.5) is 0 Å². The molecule has 1 fully saturated rings. The minimum absolute atomic E-state index is 0.646. The van der Waals surface area contributed by atoms with Gasteiger partial charge in [0.1, 0.15) is 0 Å². The van der Waals surface area contributed by atoms with E-state index in [9.17, 15) is 0 Å². The van der Waals surface area contributed by atoms with E-state index in [1.165, 1.54) is 53.7 Å². The Hall–Kier alpha value is -1.94. The molecule has 1 radical (unpaired) electrons. The van der Waals surface area contributed by atoms with Crippen LogP contribution in [0.25, 0.3) is 0 Å². The summed E-state index contributed by atoms with van der Waals surface area (Å²) >= 11 is 1.91. The molecule has 0 unspecified atom stereocenters. The van der Waals surface area contributed by atoms with Crippen LogP contribution in [0.5, 0.6) is 0 Å². The van der Waals surface area contributed by atoms with Crippen LogP contribution in [-0.4, -0.2) is 22.5 Å². The van der Waals surface area contributed by atoms with Crippen LogP contribution in [0.15, 0.2) is 72.0 Å². The number of aromatic amines is 1. The predicted octanol–water partition coefficient (Wildman–Crippen LogP) is 6.64. The molecule has 30 heavy (non-hydrogen) atoms. The van der Waals surface area contributed by atoms with E-state index >= 15 is 0 Å². The third kappa shape index (κ3) is 8.06. The second-order valence-electron chi connectivity index (χ2n) is 8.31. The number of hydrogen-bond acceptors (Lipinski definition) is 2. The Morgan fingerprint density at radius 2 is 1.73 bits per heavy atom. The molecular formula is C26H34BN2S. The van der Waals surface area contributed by atoms with Gasteiger partial charge in [-0.25, -0.2) is 4.98 Å². The van der Waals surface area contributed by atoms with E-state index in [2.05, 4.69) is 85.7 Å². The Balaban J connectivity index is 0.000000196. The molecule has 1 N–H and O–H groups in total. The fourth-order valence-electron chi connectivity index (χ4n) is 3.91. The molecule has 4 rings (SSSR count). The molecule has 3 aromatic rings. The average Bonchev–Trinajstić information content (AvgIpc) is 3.32. The summed E-state index contributed by atoms with van der Waals surface area (Å²) in [7, 11) is 2.32. The molecule has 2 aromatic carbocycles. The lowest BCUT2D eigenvalue weighted by Gasteiger charge is -2.19. The third-order valence-corrected chi connectivity index (χ3v) is 6.49. The van der Waals surface area contributed by atoms with E-state index in [0.717, 1.165) is 18.7 Å². The van der Waals surface area contributed by atoms with Crippen molar-refractivity contribution in [3.8, 4) is 0 Å². The van der Waals surface area contributed by atoms with Crippen molar-refractivity contribution >= 4 is 24.5 Å². The maximum Gasteiger partial charge on any atom is 0.151 e. The normalized spacial score (nSPS) is 14.2. The van der Waals surface area contributed by atoms with Gasteiger partial charge in [0, 0.05) is 28.0 Å². The first-order valence-electron chi connectivity index (χ1n) is 11.3. The van der Waals surface area contributed by atoms with Gasteiger partial charge in [-0.2, -0.15) is 0 Å². The number of nitrogens with one attached hydrogen (secondary N) is 1. The number of imidazole rings is 1. The number of rotatable bonds is 7. The Bertz CT molecular complexity index is 810. The number of H-pyrrole nitrogens is 1. The Morgan fingerprint density at radius 3 is 2.37 bits per heavy atom. The van der Waals surface area contributed by atoms with Gasteiger partial charge >= 0.3 is 0 Å². The second kappa shape index (κ2) is 12.7. The standard InChI is InChI=1S/C17H20BS.C9H14N2/c1-14(2)19-17-10-8-16(9-11-17)18-13-12-15-6-4-3-5-7-15;1-2-4-8(5-3-1)9-6-10-7-11-9/h3-11,14H,12-13H2,1-2H3;6-8H,1-5H2,(H,10,11). The van der Waals surface area contributed by atoms with Crippen molar-refractivity contribution < 1.29 is 0 Å². The van der Waals surface area contributed by atoms with Gasteiger partial charge in [-0.15, -0.1) is 11.8 Å². The van der Waals surface area contributed by atoms with Crippen molar-refractivity contribution in [3.05, 3.63) is 78.4 Å². The van der Waals surface area contributed by atoms with Crippen molar-refractivity contribution in [3.63, 3.8) is 0 Å². The summed E-state index contributed by atoms with van der Waals surface area (Å²) in [5.74, 6) is 0.770. The monoisotopic (exact) mass is 417 g/mol. The summed E-state index contributed by atoms with van der Waals surface area (Å²) in [6.45, 7) is 4.45. The van der Waals surface area contributed by atoms with E-state index in [0.29, 0.717) is 5.25 Å². The first-order chi connectivity index (χ1) is 14.7. The lowest BCUT2D eigenvalue weighted by Crippen LogP contribution is -2.13. The van der Waals surface area contributed by atoms with E-state index in [1.54, 1.807) is 6.33 Å². The van der Waals surface area contributed by atoms with Crippen LogP contribution in [0.2, 0.25) is 6.32 Å². The minimum atomic E-state index is 0.646. The molecule has 1 saturated carbocycles. The molecule has 157 valence electrons. The molecular weight excluding hydrogens is 383 g/mol. The molecule has 0 atom stereocenters. The quantitative estimate of drug-likeness (QED) is 0.345. The summed E-state index contributed by atoms with van der Waals surface area (Å²) in [5.41, 5.74) is 4.07. The van der Waals surface area contributed by atoms with Gasteiger partial charge in [0.2, 0.25) is 0 Å². The van der Waals surface area contributed by atoms with E-state index in [4.69, 9.17) is 0 Å². The maximum atomic E-state index is 4.04. The highest BCUT2D eigenvalue weighted by Crippen LogP contribution is 2.30. The zero-order valence-electron chi connectivity index (χ0n) is 18.4. The van der Waals surface area contributed by atoms with Crippen molar-refractivity contribution in [2.24, 2.45) is 0 Å². The topological polar surface area (TPSA) is 28.7 Å². The van der Waals surface area contributed by atoms with Crippen LogP contribution in [0, 0.1) is 0 Å². The summed E-state index contributed by atoms with van der Waals surface area (Å²) in [6.07, 6.45) is 12.9. The average molecular weight is 417 g/mol. The Labute approximate surface area is 187 Å². The molecule has 1 aliphatic carbocycles. The van der Waals surface area contributed by atoms with Crippen molar-refractivity contribution in [1.82, 2.24) is 9.97 Å². The van der Waals surface area contributed by atoms with Gasteiger partial charge in [-0.3, -0.25) is 0 Å². The highest BCUT2D eigenvalue weighted by molar-refractivity contribution is 7.99. The summed E-state index contributed by atoms with van der Waals surface area (Å²) in [4.78, 5) is 8.59. The number of nitrogens with zero attached hydrogens (tertiary/aromatic N) is 1. The molecule has 0 saturated heterocycles. The molecule has 0 spiro atoms. The van der Waals surface area contributed by atoms with Crippen molar-refractivity contribution in [2.75, 3.05) is 0 Å². The number of aryl methyl sites for hydroxylation is 1. The van der Waals surface area contributed by atoms with Gasteiger partial charge in [0.05, 0.1) is 6.33 Å². The number of benzene rings is 2. The molecule has 2 nitrogen and oxygen atoms in total. The van der Waals surface area contributed by atoms with E-state index in [1.807, 2.05) is 18.0 Å². The highest BCUT2D eigenvalue weighted by atomic mass is 32.2. The molecule has 0 bridgehead atoms. The van der Waals surface area contributed by atoms with Gasteiger partial charge in [0.15, 0.2) is 7.28 Å². The van der Waals surface area contributed by atoms with Crippen LogP contribution in [0.3, 0.4) is 0 Å². The number of thioether (sulfide) groups is 1. The van der Waals surface area contributed by atoms with Crippen molar-refractivity contribution in [2.45, 2.75) is 74.8 Å². The fourth-order valence-corrected chi connectivity index (χ4v) is 4.75. The Morgan fingerprint density at radius 1 is 1.00 bits per heavy atom. The lowest BCUT2D eigenvalue weighted by atomic mass is 9.66. The molecule has 0 amide bonds. The smallest absolute Gasteiger partial charge is 0.151 e. The molecule has 0 aliphatic heterocycles. The molecule has 1 aliphatic rings. The zero-order chi connectivity index (χ0) is 21.0. The van der Waals surface area contributed by atoms with Gasteiger partial charge in [-0.05, 0) is 37.0 Å². The van der Waals surface area contributed by atoms with Crippen LogP contribution < -0.4 is 5.46 Å². The zero-order valence-corrected chi connectivity index (χ0v) is 19.2. The minimum Gasteiger partial charge on any atom is -0.348 e. The summed E-state index contributed by atoms with van der Waals surface area (Å²) < 4.78 is 0. The first kappa shape index (κ1) is 22.7. The molecule has 4 heteroatoms. The SMILES string of the molecule is CC(C)Sc1ccc([B]CCc2ccccc2)cc1.c1ncc(C2CCCCC2)[nH]1. The summed E-state index contributed by atoms with van der Waals surface area (Å²) in [5, 5.41) is 0.646. The van der Waals surface area contributed by atoms with E-state index < -0.39 is 0 Å². The van der Waals surface area contributed by atoms with Gasteiger partial charge in [0.25, 0.3) is 0 Å². The molecule has 1 heterocycles. The lowest BCUT2D eigenvalue weighted by molar-refractivity contribution is 0.437. The van der Waals surface area contributed by atoms with Crippen LogP contribution in [0.1, 0.15) is 63.1 Å². The highest BCUT2D eigenvalue weighted by Gasteiger charge is 2.15. The third-order valence-electron chi connectivity index (χ3n) is 5.47. The summed E-state index contributed by atoms with van der Waals surface area (Å²) in [6, 6.07) is 19.5. The maximum absolute atomic E-state index is 4.04.